The number of hydrogen-bond acceptors (Lipinski definition) is 5. The largest absolute Gasteiger partial charge is 0.355 e. The first kappa shape index (κ1) is 22.2. The van der Waals surface area contributed by atoms with Crippen LogP contribution < -0.4 is 5.32 Å². The number of hydrogen-bond donors (Lipinski definition) is 1. The fraction of sp³-hybridized carbons (Fsp3) is 0.565. The van der Waals surface area contributed by atoms with Crippen molar-refractivity contribution in [3.8, 4) is 0 Å². The first-order valence-electron chi connectivity index (χ1n) is 11.3. The summed E-state index contributed by atoms with van der Waals surface area (Å²) in [6.07, 6.45) is 7.96. The lowest BCUT2D eigenvalue weighted by Crippen LogP contribution is -2.51. The number of piperazine rings is 1. The van der Waals surface area contributed by atoms with E-state index in [-0.39, 0.29) is 10.8 Å². The van der Waals surface area contributed by atoms with Gasteiger partial charge in [-0.1, -0.05) is 31.4 Å². The summed E-state index contributed by atoms with van der Waals surface area (Å²) in [5, 5.41) is 3.90. The Balaban J connectivity index is 1.33. The van der Waals surface area contributed by atoms with Crippen molar-refractivity contribution in [1.82, 2.24) is 19.5 Å². The third kappa shape index (κ3) is 5.25. The number of amides is 1. The van der Waals surface area contributed by atoms with E-state index in [1.165, 1.54) is 36.4 Å². The summed E-state index contributed by atoms with van der Waals surface area (Å²) >= 11 is 0. The molecule has 168 valence electrons. The SMILES string of the molecule is Cc1cnc2c(S(=O)(=O)N3CCN(CC(=O)NCC4CCCCC4)CC3)cccc2c1. The average Bonchev–Trinajstić information content (AvgIpc) is 2.78. The maximum absolute atomic E-state index is 13.3. The number of aryl methyl sites for hydroxylation is 1. The van der Waals surface area contributed by atoms with Crippen LogP contribution in [-0.4, -0.2) is 67.8 Å². The van der Waals surface area contributed by atoms with Crippen LogP contribution in [-0.2, 0) is 14.8 Å². The van der Waals surface area contributed by atoms with Crippen LogP contribution in [0.2, 0.25) is 0 Å². The molecule has 8 heteroatoms. The van der Waals surface area contributed by atoms with E-state index in [0.29, 0.717) is 44.2 Å². The number of benzene rings is 1. The summed E-state index contributed by atoms with van der Waals surface area (Å²) in [5.74, 6) is 0.647. The summed E-state index contributed by atoms with van der Waals surface area (Å²) in [6, 6.07) is 7.23. The van der Waals surface area contributed by atoms with Crippen molar-refractivity contribution >= 4 is 26.8 Å². The Hall–Kier alpha value is -2.03. The standard InChI is InChI=1S/C23H32N4O3S/c1-18-14-20-8-5-9-21(23(20)25-15-18)31(29,30)27-12-10-26(11-13-27)17-22(28)24-16-19-6-3-2-4-7-19/h5,8-9,14-15,19H,2-4,6-7,10-13,16-17H2,1H3,(H,24,28). The second kappa shape index (κ2) is 9.63. The molecule has 1 saturated heterocycles. The normalized spacial score (nSPS) is 19.5. The first-order chi connectivity index (χ1) is 14.9. The highest BCUT2D eigenvalue weighted by Crippen LogP contribution is 2.26. The third-order valence-electron chi connectivity index (χ3n) is 6.44. The molecule has 0 radical (unpaired) electrons. The van der Waals surface area contributed by atoms with Gasteiger partial charge in [0.15, 0.2) is 0 Å². The van der Waals surface area contributed by atoms with E-state index in [2.05, 4.69) is 10.3 Å². The predicted molar refractivity (Wildman–Crippen MR) is 121 cm³/mol. The maximum atomic E-state index is 13.3. The molecule has 0 spiro atoms. The molecule has 2 heterocycles. The Morgan fingerprint density at radius 3 is 2.61 bits per heavy atom. The Labute approximate surface area is 184 Å². The molecule has 0 unspecified atom stereocenters. The van der Waals surface area contributed by atoms with Crippen molar-refractivity contribution < 1.29 is 13.2 Å². The number of aromatic nitrogens is 1. The molecule has 2 fully saturated rings. The quantitative estimate of drug-likeness (QED) is 0.740. The molecule has 31 heavy (non-hydrogen) atoms. The molecule has 1 aliphatic carbocycles. The minimum atomic E-state index is -3.63. The number of nitrogens with one attached hydrogen (secondary N) is 1. The highest BCUT2D eigenvalue weighted by molar-refractivity contribution is 7.89. The van der Waals surface area contributed by atoms with Gasteiger partial charge in [-0.15, -0.1) is 0 Å². The van der Waals surface area contributed by atoms with Crippen LogP contribution >= 0.6 is 0 Å². The number of carbonyl (C=O) groups excluding carboxylic acids is 1. The van der Waals surface area contributed by atoms with Crippen LogP contribution in [0.15, 0.2) is 35.4 Å². The van der Waals surface area contributed by atoms with Crippen molar-refractivity contribution in [2.45, 2.75) is 43.9 Å². The van der Waals surface area contributed by atoms with E-state index in [1.807, 2.05) is 24.0 Å². The van der Waals surface area contributed by atoms with Gasteiger partial charge in [0.25, 0.3) is 0 Å². The zero-order valence-electron chi connectivity index (χ0n) is 18.2. The van der Waals surface area contributed by atoms with Gasteiger partial charge in [-0.05, 0) is 43.4 Å². The van der Waals surface area contributed by atoms with Crippen LogP contribution in [0.1, 0.15) is 37.7 Å². The topological polar surface area (TPSA) is 82.6 Å². The minimum absolute atomic E-state index is 0.0375. The van der Waals surface area contributed by atoms with Gasteiger partial charge >= 0.3 is 0 Å². The number of sulfonamides is 1. The molecule has 7 nitrogen and oxygen atoms in total. The molecule has 0 atom stereocenters. The molecular weight excluding hydrogens is 412 g/mol. The highest BCUT2D eigenvalue weighted by atomic mass is 32.2. The Morgan fingerprint density at radius 2 is 1.87 bits per heavy atom. The van der Waals surface area contributed by atoms with Gasteiger partial charge in [0.1, 0.15) is 4.90 Å². The van der Waals surface area contributed by atoms with Crippen LogP contribution in [0.4, 0.5) is 0 Å². The second-order valence-electron chi connectivity index (χ2n) is 8.83. The molecule has 1 N–H and O–H groups in total. The van der Waals surface area contributed by atoms with Crippen molar-refractivity contribution in [3.05, 3.63) is 36.0 Å². The molecule has 1 aromatic heterocycles. The molecular formula is C23H32N4O3S. The van der Waals surface area contributed by atoms with Gasteiger partial charge in [-0.25, -0.2) is 8.42 Å². The Bertz CT molecular complexity index is 1030. The zero-order valence-corrected chi connectivity index (χ0v) is 19.0. The number of carbonyl (C=O) groups is 1. The second-order valence-corrected chi connectivity index (χ2v) is 10.7. The van der Waals surface area contributed by atoms with Crippen molar-refractivity contribution in [3.63, 3.8) is 0 Å². The van der Waals surface area contributed by atoms with Crippen LogP contribution in [0.5, 0.6) is 0 Å². The van der Waals surface area contributed by atoms with E-state index in [4.69, 9.17) is 0 Å². The number of nitrogens with zero attached hydrogens (tertiary/aromatic N) is 3. The molecule has 0 bridgehead atoms. The lowest BCUT2D eigenvalue weighted by molar-refractivity contribution is -0.122. The van der Waals surface area contributed by atoms with E-state index in [9.17, 15) is 13.2 Å². The van der Waals surface area contributed by atoms with Gasteiger partial charge in [0.05, 0.1) is 12.1 Å². The smallest absolute Gasteiger partial charge is 0.245 e. The molecule has 2 aliphatic rings. The first-order valence-corrected chi connectivity index (χ1v) is 12.7. The van der Waals surface area contributed by atoms with Gasteiger partial charge in [-0.2, -0.15) is 4.31 Å². The lowest BCUT2D eigenvalue weighted by atomic mass is 9.89. The molecule has 4 rings (SSSR count). The number of para-hydroxylation sites is 1. The van der Waals surface area contributed by atoms with Crippen LogP contribution in [0.3, 0.4) is 0 Å². The van der Waals surface area contributed by atoms with E-state index >= 15 is 0 Å². The summed E-state index contributed by atoms with van der Waals surface area (Å²) in [4.78, 5) is 19.0. The predicted octanol–water partition coefficient (Wildman–Crippen LogP) is 2.55. The molecule has 1 amide bonds. The molecule has 1 saturated carbocycles. The van der Waals surface area contributed by atoms with Crippen LogP contribution in [0, 0.1) is 12.8 Å². The number of rotatable bonds is 6. The number of pyridine rings is 1. The highest BCUT2D eigenvalue weighted by Gasteiger charge is 2.30. The summed E-state index contributed by atoms with van der Waals surface area (Å²) in [6.45, 7) is 4.89. The van der Waals surface area contributed by atoms with Crippen molar-refractivity contribution in [2.75, 3.05) is 39.3 Å². The maximum Gasteiger partial charge on any atom is 0.245 e. The van der Waals surface area contributed by atoms with E-state index in [0.717, 1.165) is 17.5 Å². The molecule has 2 aromatic rings. The summed E-state index contributed by atoms with van der Waals surface area (Å²) < 4.78 is 28.1. The fourth-order valence-electron chi connectivity index (χ4n) is 4.63. The van der Waals surface area contributed by atoms with Gasteiger partial charge in [0.2, 0.25) is 15.9 Å². The Kier molecular flexibility index (Phi) is 6.89. The van der Waals surface area contributed by atoms with Crippen LogP contribution in [0.25, 0.3) is 10.9 Å². The monoisotopic (exact) mass is 444 g/mol. The van der Waals surface area contributed by atoms with Gasteiger partial charge in [0, 0.05) is 44.3 Å². The van der Waals surface area contributed by atoms with Gasteiger partial charge < -0.3 is 5.32 Å². The minimum Gasteiger partial charge on any atom is -0.355 e. The summed E-state index contributed by atoms with van der Waals surface area (Å²) in [5.41, 5.74) is 1.51. The summed E-state index contributed by atoms with van der Waals surface area (Å²) in [7, 11) is -3.63. The van der Waals surface area contributed by atoms with Crippen molar-refractivity contribution in [2.24, 2.45) is 5.92 Å². The zero-order chi connectivity index (χ0) is 21.8. The Morgan fingerprint density at radius 1 is 1.13 bits per heavy atom. The molecule has 1 aliphatic heterocycles. The van der Waals surface area contributed by atoms with Gasteiger partial charge in [-0.3, -0.25) is 14.7 Å². The third-order valence-corrected chi connectivity index (χ3v) is 8.37. The lowest BCUT2D eigenvalue weighted by Gasteiger charge is -2.33. The number of fused-ring (bicyclic) bond motifs is 1. The van der Waals surface area contributed by atoms with E-state index in [1.54, 1.807) is 18.3 Å². The molecule has 1 aromatic carbocycles. The van der Waals surface area contributed by atoms with Crippen molar-refractivity contribution in [1.29, 1.82) is 0 Å². The van der Waals surface area contributed by atoms with E-state index < -0.39 is 10.0 Å². The average molecular weight is 445 g/mol. The fourth-order valence-corrected chi connectivity index (χ4v) is 6.21.